The van der Waals surface area contributed by atoms with E-state index >= 15 is 0 Å². The van der Waals surface area contributed by atoms with Gasteiger partial charge in [0, 0.05) is 35.0 Å². The van der Waals surface area contributed by atoms with Gasteiger partial charge in [-0.2, -0.15) is 0 Å². The average Bonchev–Trinajstić information content (AvgIpc) is 3.36. The fraction of sp³-hybridized carbons (Fsp3) is 0.528. The topological polar surface area (TPSA) is 84.4 Å². The predicted octanol–water partition coefficient (Wildman–Crippen LogP) is 6.86. The molecule has 1 aromatic carbocycles. The number of pyridine rings is 1. The lowest BCUT2D eigenvalue weighted by atomic mass is 9.53. The van der Waals surface area contributed by atoms with Gasteiger partial charge in [0.25, 0.3) is 0 Å². The summed E-state index contributed by atoms with van der Waals surface area (Å²) in [5.41, 5.74) is 2.71. The number of fused-ring (bicyclic) bond motifs is 4. The van der Waals surface area contributed by atoms with Gasteiger partial charge in [-0.3, -0.25) is 4.98 Å². The van der Waals surface area contributed by atoms with E-state index in [1.165, 1.54) is 24.8 Å². The molecule has 5 heterocycles. The van der Waals surface area contributed by atoms with Crippen molar-refractivity contribution in [1.82, 2.24) is 20.2 Å². The van der Waals surface area contributed by atoms with Crippen molar-refractivity contribution in [2.45, 2.75) is 82.3 Å². The third-order valence-corrected chi connectivity index (χ3v) is 10.7. The van der Waals surface area contributed by atoms with Crippen LogP contribution in [0.25, 0.3) is 27.4 Å². The SMILES string of the molecule is Oc1cccc2c1[nH]c1c(C3=C[C@]4(O)CCC=CCCCCN5CC[C@@H]3[C@]3(CC/C=C\CCCCN[C@H]34)C5)nccc12. The Balaban J connectivity index is 1.44. The fourth-order valence-corrected chi connectivity index (χ4v) is 8.75. The van der Waals surface area contributed by atoms with Crippen LogP contribution in [0.2, 0.25) is 0 Å². The molecule has 0 saturated carbocycles. The molecule has 3 aliphatic heterocycles. The molecule has 6 nitrogen and oxygen atoms in total. The first-order valence-electron chi connectivity index (χ1n) is 16.4. The molecule has 1 unspecified atom stereocenters. The Labute approximate surface area is 249 Å². The van der Waals surface area contributed by atoms with Crippen molar-refractivity contribution in [2.24, 2.45) is 11.3 Å². The number of H-pyrrole nitrogens is 1. The highest BCUT2D eigenvalue weighted by molar-refractivity contribution is 6.11. The zero-order valence-electron chi connectivity index (χ0n) is 24.8. The molecule has 0 amide bonds. The lowest BCUT2D eigenvalue weighted by Crippen LogP contribution is -2.68. The number of aromatic hydroxyl groups is 1. The van der Waals surface area contributed by atoms with E-state index < -0.39 is 5.60 Å². The minimum atomic E-state index is -0.997. The molecule has 4 N–H and O–H groups in total. The van der Waals surface area contributed by atoms with Gasteiger partial charge in [0.05, 0.1) is 22.3 Å². The van der Waals surface area contributed by atoms with Crippen molar-refractivity contribution >= 4 is 27.4 Å². The summed E-state index contributed by atoms with van der Waals surface area (Å²) in [6.45, 7) is 4.13. The molecule has 2 aromatic heterocycles. The number of piperidine rings is 1. The van der Waals surface area contributed by atoms with Crippen molar-refractivity contribution < 1.29 is 10.2 Å². The Morgan fingerprint density at radius 1 is 0.857 bits per heavy atom. The number of phenols is 1. The molecule has 1 fully saturated rings. The van der Waals surface area contributed by atoms with Gasteiger partial charge in [0.2, 0.25) is 0 Å². The molecule has 1 spiro atoms. The molecule has 7 rings (SSSR count). The van der Waals surface area contributed by atoms with Gasteiger partial charge in [0.1, 0.15) is 5.75 Å². The van der Waals surface area contributed by atoms with Gasteiger partial charge in [-0.05, 0) is 120 Å². The van der Waals surface area contributed by atoms with E-state index in [-0.39, 0.29) is 23.1 Å². The van der Waals surface area contributed by atoms with Gasteiger partial charge in [-0.1, -0.05) is 36.4 Å². The van der Waals surface area contributed by atoms with Gasteiger partial charge in [-0.15, -0.1) is 0 Å². The number of allylic oxidation sites excluding steroid dienone is 5. The number of aliphatic hydroxyl groups is 1. The Morgan fingerprint density at radius 3 is 2.52 bits per heavy atom. The summed E-state index contributed by atoms with van der Waals surface area (Å²) in [7, 11) is 0. The highest BCUT2D eigenvalue weighted by Crippen LogP contribution is 2.56. The van der Waals surface area contributed by atoms with Crippen LogP contribution in [0.1, 0.15) is 76.3 Å². The number of phenolic OH excluding ortho intramolecular Hbond substituents is 1. The van der Waals surface area contributed by atoms with Crippen LogP contribution in [0.4, 0.5) is 0 Å². The number of hydrogen-bond donors (Lipinski definition) is 4. The van der Waals surface area contributed by atoms with Crippen LogP contribution in [-0.4, -0.2) is 62.9 Å². The first-order chi connectivity index (χ1) is 20.6. The molecule has 5 atom stereocenters. The molecule has 1 saturated heterocycles. The van der Waals surface area contributed by atoms with Crippen molar-refractivity contribution in [1.29, 1.82) is 0 Å². The maximum absolute atomic E-state index is 12.9. The summed E-state index contributed by atoms with van der Waals surface area (Å²) in [4.78, 5) is 11.3. The highest BCUT2D eigenvalue weighted by atomic mass is 16.3. The van der Waals surface area contributed by atoms with Crippen LogP contribution in [-0.2, 0) is 0 Å². The van der Waals surface area contributed by atoms with Crippen molar-refractivity contribution in [2.75, 3.05) is 26.2 Å². The zero-order valence-corrected chi connectivity index (χ0v) is 24.8. The van der Waals surface area contributed by atoms with E-state index in [0.717, 1.165) is 98.6 Å². The smallest absolute Gasteiger partial charge is 0.139 e. The van der Waals surface area contributed by atoms with Crippen LogP contribution in [0, 0.1) is 11.3 Å². The minimum Gasteiger partial charge on any atom is -0.506 e. The van der Waals surface area contributed by atoms with Gasteiger partial charge >= 0.3 is 0 Å². The van der Waals surface area contributed by atoms with Crippen LogP contribution in [0.15, 0.2) is 60.8 Å². The number of para-hydroxylation sites is 1. The molecule has 4 aliphatic rings. The molecule has 42 heavy (non-hydrogen) atoms. The van der Waals surface area contributed by atoms with Crippen LogP contribution in [0.3, 0.4) is 0 Å². The molecule has 6 heteroatoms. The van der Waals surface area contributed by atoms with E-state index in [2.05, 4.69) is 51.6 Å². The Hall–Kier alpha value is -2.93. The second-order valence-electron chi connectivity index (χ2n) is 13.2. The van der Waals surface area contributed by atoms with Gasteiger partial charge in [-0.25, -0.2) is 0 Å². The third-order valence-electron chi connectivity index (χ3n) is 10.7. The second kappa shape index (κ2) is 11.6. The highest BCUT2D eigenvalue weighted by Gasteiger charge is 2.58. The number of benzene rings is 1. The quantitative estimate of drug-likeness (QED) is 0.242. The van der Waals surface area contributed by atoms with E-state index in [1.807, 2.05) is 18.3 Å². The van der Waals surface area contributed by atoms with E-state index in [4.69, 9.17) is 4.98 Å². The second-order valence-corrected chi connectivity index (χ2v) is 13.2. The first-order valence-corrected chi connectivity index (χ1v) is 16.4. The standard InChI is InChI=1S/C36H46N4O2/c41-30-15-13-14-26-27-16-21-37-32(33(27)39-31(26)30)28-24-36(42)19-10-6-2-4-8-12-22-40-23-17-29(28)35(25-40)18-9-5-1-3-7-11-20-38-34(35)36/h1-2,5-6,13-16,21,24,29,34,38-39,41-42H,3-4,7-12,17-20,22-23,25H2/b5-1-,6-2?/t29-,34+,35-,36+/m0/s1. The van der Waals surface area contributed by atoms with Crippen LogP contribution >= 0.6 is 0 Å². The van der Waals surface area contributed by atoms with Crippen molar-refractivity contribution in [3.05, 3.63) is 66.5 Å². The van der Waals surface area contributed by atoms with Crippen LogP contribution in [0.5, 0.6) is 5.75 Å². The number of aromatic amines is 1. The Kier molecular flexibility index (Phi) is 7.72. The monoisotopic (exact) mass is 566 g/mol. The van der Waals surface area contributed by atoms with E-state index in [1.54, 1.807) is 6.07 Å². The Morgan fingerprint density at radius 2 is 1.64 bits per heavy atom. The molecule has 1 aliphatic carbocycles. The normalized spacial score (nSPS) is 33.5. The average molecular weight is 567 g/mol. The van der Waals surface area contributed by atoms with Crippen molar-refractivity contribution in [3.8, 4) is 5.75 Å². The molecule has 3 bridgehead atoms. The van der Waals surface area contributed by atoms with Gasteiger partial charge < -0.3 is 25.4 Å². The fourth-order valence-electron chi connectivity index (χ4n) is 8.75. The zero-order chi connectivity index (χ0) is 28.6. The number of rotatable bonds is 1. The minimum absolute atomic E-state index is 0.0202. The number of aromatic nitrogens is 2. The maximum atomic E-state index is 12.9. The number of hydrogen-bond acceptors (Lipinski definition) is 5. The largest absolute Gasteiger partial charge is 0.506 e. The molecule has 3 aromatic rings. The third kappa shape index (κ3) is 4.91. The summed E-state index contributed by atoms with van der Waals surface area (Å²) < 4.78 is 0. The maximum Gasteiger partial charge on any atom is 0.139 e. The lowest BCUT2D eigenvalue weighted by Gasteiger charge is -2.60. The number of nitrogens with one attached hydrogen (secondary N) is 2. The van der Waals surface area contributed by atoms with E-state index in [9.17, 15) is 10.2 Å². The Bertz CT molecular complexity index is 1520. The summed E-state index contributed by atoms with van der Waals surface area (Å²) in [5.74, 6) is 0.532. The van der Waals surface area contributed by atoms with Gasteiger partial charge in [0.15, 0.2) is 0 Å². The molecule has 0 radical (unpaired) electrons. The molecular weight excluding hydrogens is 520 g/mol. The predicted molar refractivity (Wildman–Crippen MR) is 171 cm³/mol. The van der Waals surface area contributed by atoms with Crippen molar-refractivity contribution in [3.63, 3.8) is 0 Å². The summed E-state index contributed by atoms with van der Waals surface area (Å²) in [6.07, 6.45) is 25.2. The molecule has 222 valence electrons. The molecular formula is C36H46N4O2. The van der Waals surface area contributed by atoms with Crippen LogP contribution < -0.4 is 5.32 Å². The lowest BCUT2D eigenvalue weighted by molar-refractivity contribution is -0.0798. The first kappa shape index (κ1) is 27.9. The number of nitrogens with zero attached hydrogens (tertiary/aromatic N) is 2. The summed E-state index contributed by atoms with van der Waals surface area (Å²) in [5, 5.41) is 29.7. The van der Waals surface area contributed by atoms with E-state index in [0.29, 0.717) is 6.42 Å². The summed E-state index contributed by atoms with van der Waals surface area (Å²) in [6, 6.07) is 7.73. The summed E-state index contributed by atoms with van der Waals surface area (Å²) >= 11 is 0.